The maximum absolute atomic E-state index is 11.8. The molecule has 1 aromatic rings. The number of aliphatic carboxylic acids is 2. The van der Waals surface area contributed by atoms with E-state index in [1.807, 2.05) is 6.92 Å². The van der Waals surface area contributed by atoms with Gasteiger partial charge >= 0.3 is 11.9 Å². The molecular weight excluding hydrogens is 292 g/mol. The van der Waals surface area contributed by atoms with Crippen LogP contribution in [-0.4, -0.2) is 22.2 Å². The molecule has 0 bridgehead atoms. The van der Waals surface area contributed by atoms with Crippen molar-refractivity contribution in [2.75, 3.05) is 0 Å². The zero-order valence-electron chi connectivity index (χ0n) is 12.5. The molecule has 0 radical (unpaired) electrons. The summed E-state index contributed by atoms with van der Waals surface area (Å²) in [5.41, 5.74) is -2.20. The van der Waals surface area contributed by atoms with Gasteiger partial charge in [-0.15, -0.1) is 0 Å². The average Bonchev–Trinajstić information content (AvgIpc) is 2.40. The molecule has 0 aliphatic rings. The molecular formula is C16H21ClO4. The first-order chi connectivity index (χ1) is 9.76. The van der Waals surface area contributed by atoms with E-state index < -0.39 is 22.8 Å². The van der Waals surface area contributed by atoms with Gasteiger partial charge in [-0.05, 0) is 30.5 Å². The highest BCUT2D eigenvalue weighted by Gasteiger charge is 2.59. The van der Waals surface area contributed by atoms with Crippen molar-refractivity contribution >= 4 is 23.5 Å². The Labute approximate surface area is 129 Å². The molecule has 116 valence electrons. The van der Waals surface area contributed by atoms with Crippen LogP contribution < -0.4 is 0 Å². The van der Waals surface area contributed by atoms with Crippen molar-refractivity contribution in [2.45, 2.75) is 45.4 Å². The number of hydrogen-bond donors (Lipinski definition) is 2. The van der Waals surface area contributed by atoms with Crippen molar-refractivity contribution < 1.29 is 19.8 Å². The van der Waals surface area contributed by atoms with Crippen LogP contribution in [0.25, 0.3) is 0 Å². The lowest BCUT2D eigenvalue weighted by molar-refractivity contribution is -0.171. The first kappa shape index (κ1) is 17.5. The van der Waals surface area contributed by atoms with E-state index in [1.54, 1.807) is 38.1 Å². The van der Waals surface area contributed by atoms with E-state index >= 15 is 0 Å². The first-order valence-electron chi connectivity index (χ1n) is 6.99. The molecule has 1 aromatic carbocycles. The summed E-state index contributed by atoms with van der Waals surface area (Å²) in [6.45, 7) is 5.23. The Balaban J connectivity index is 3.60. The summed E-state index contributed by atoms with van der Waals surface area (Å²) in [5, 5.41) is 19.9. The number of rotatable bonds is 7. The van der Waals surface area contributed by atoms with E-state index in [-0.39, 0.29) is 6.42 Å². The third kappa shape index (κ3) is 2.77. The van der Waals surface area contributed by atoms with Crippen molar-refractivity contribution in [1.82, 2.24) is 0 Å². The molecule has 21 heavy (non-hydrogen) atoms. The number of hydrogen-bond acceptors (Lipinski definition) is 2. The van der Waals surface area contributed by atoms with Crippen LogP contribution in [-0.2, 0) is 15.0 Å². The highest BCUT2D eigenvalue weighted by molar-refractivity contribution is 6.30. The van der Waals surface area contributed by atoms with Gasteiger partial charge in [0.25, 0.3) is 0 Å². The van der Waals surface area contributed by atoms with Crippen LogP contribution in [0.15, 0.2) is 24.3 Å². The summed E-state index contributed by atoms with van der Waals surface area (Å²) in [7, 11) is 0. The van der Waals surface area contributed by atoms with Crippen LogP contribution >= 0.6 is 11.6 Å². The lowest BCUT2D eigenvalue weighted by Crippen LogP contribution is -2.54. The number of carbonyl (C=O) groups is 2. The molecule has 0 saturated heterocycles. The van der Waals surface area contributed by atoms with Crippen molar-refractivity contribution in [3.63, 3.8) is 0 Å². The van der Waals surface area contributed by atoms with E-state index in [1.165, 1.54) is 0 Å². The molecule has 1 rings (SSSR count). The van der Waals surface area contributed by atoms with Gasteiger partial charge in [0.1, 0.15) is 0 Å². The highest BCUT2D eigenvalue weighted by atomic mass is 35.5. The zero-order chi connectivity index (χ0) is 16.3. The third-order valence-corrected chi connectivity index (χ3v) is 4.69. The number of benzene rings is 1. The second-order valence-electron chi connectivity index (χ2n) is 5.46. The fourth-order valence-corrected chi connectivity index (χ4v) is 3.30. The van der Waals surface area contributed by atoms with Gasteiger partial charge in [0.05, 0.1) is 0 Å². The Bertz CT molecular complexity index is 510. The SMILES string of the molecule is CCCC(C)(c1ccc(Cl)cc1)C(CC)(C(=O)O)C(=O)O. The predicted octanol–water partition coefficient (Wildman–Crippen LogP) is 3.96. The fraction of sp³-hybridized carbons (Fsp3) is 0.500. The van der Waals surface area contributed by atoms with Gasteiger partial charge < -0.3 is 10.2 Å². The molecule has 0 aromatic heterocycles. The Kier molecular flexibility index (Phi) is 5.40. The summed E-state index contributed by atoms with van der Waals surface area (Å²) in [6, 6.07) is 6.76. The van der Waals surface area contributed by atoms with Crippen molar-refractivity contribution in [3.05, 3.63) is 34.9 Å². The van der Waals surface area contributed by atoms with Gasteiger partial charge in [0, 0.05) is 10.4 Å². The summed E-state index contributed by atoms with van der Waals surface area (Å²) in [6.07, 6.45) is 1.15. The molecule has 5 heteroatoms. The summed E-state index contributed by atoms with van der Waals surface area (Å²) in [5.74, 6) is -2.60. The highest BCUT2D eigenvalue weighted by Crippen LogP contribution is 2.48. The van der Waals surface area contributed by atoms with E-state index in [0.717, 1.165) is 0 Å². The Morgan fingerprint density at radius 1 is 1.10 bits per heavy atom. The molecule has 0 fully saturated rings. The van der Waals surface area contributed by atoms with Crippen LogP contribution in [0.4, 0.5) is 0 Å². The quantitative estimate of drug-likeness (QED) is 0.747. The summed E-state index contributed by atoms with van der Waals surface area (Å²) >= 11 is 5.88. The van der Waals surface area contributed by atoms with Crippen LogP contribution in [0, 0.1) is 5.41 Å². The zero-order valence-corrected chi connectivity index (χ0v) is 13.3. The van der Waals surface area contributed by atoms with E-state index in [0.29, 0.717) is 23.4 Å². The summed E-state index contributed by atoms with van der Waals surface area (Å²) in [4.78, 5) is 23.7. The molecule has 0 aliphatic carbocycles. The van der Waals surface area contributed by atoms with Crippen molar-refractivity contribution in [2.24, 2.45) is 5.41 Å². The van der Waals surface area contributed by atoms with Crippen LogP contribution in [0.1, 0.15) is 45.6 Å². The maximum Gasteiger partial charge on any atom is 0.321 e. The Morgan fingerprint density at radius 2 is 1.57 bits per heavy atom. The average molecular weight is 313 g/mol. The minimum absolute atomic E-state index is 0.0107. The standard InChI is InChI=1S/C16H21ClO4/c1-4-10-15(3,11-6-8-12(17)9-7-11)16(5-2,13(18)19)14(20)21/h6-9H,4-5,10H2,1-3H3,(H,18,19)(H,20,21). The molecule has 1 atom stereocenters. The minimum Gasteiger partial charge on any atom is -0.480 e. The topological polar surface area (TPSA) is 74.6 Å². The van der Waals surface area contributed by atoms with Gasteiger partial charge in [-0.2, -0.15) is 0 Å². The monoisotopic (exact) mass is 312 g/mol. The van der Waals surface area contributed by atoms with Gasteiger partial charge in [0.2, 0.25) is 0 Å². The van der Waals surface area contributed by atoms with Crippen LogP contribution in [0.2, 0.25) is 5.02 Å². The van der Waals surface area contributed by atoms with Crippen LogP contribution in [0.5, 0.6) is 0 Å². The van der Waals surface area contributed by atoms with Crippen LogP contribution in [0.3, 0.4) is 0 Å². The molecule has 4 nitrogen and oxygen atoms in total. The number of carboxylic acid groups (broad SMARTS) is 2. The maximum atomic E-state index is 11.8. The van der Waals surface area contributed by atoms with Gasteiger partial charge in [0.15, 0.2) is 5.41 Å². The predicted molar refractivity (Wildman–Crippen MR) is 81.7 cm³/mol. The third-order valence-electron chi connectivity index (χ3n) is 4.43. The van der Waals surface area contributed by atoms with Gasteiger partial charge in [-0.3, -0.25) is 9.59 Å². The molecule has 2 N–H and O–H groups in total. The van der Waals surface area contributed by atoms with Crippen molar-refractivity contribution in [1.29, 1.82) is 0 Å². The van der Waals surface area contributed by atoms with Crippen molar-refractivity contribution in [3.8, 4) is 0 Å². The molecule has 0 spiro atoms. The molecule has 0 amide bonds. The molecule has 0 heterocycles. The Hall–Kier alpha value is -1.55. The number of carboxylic acids is 2. The second-order valence-corrected chi connectivity index (χ2v) is 5.89. The lowest BCUT2D eigenvalue weighted by atomic mass is 9.57. The molecule has 0 aliphatic heterocycles. The van der Waals surface area contributed by atoms with E-state index in [2.05, 4.69) is 0 Å². The summed E-state index contributed by atoms with van der Waals surface area (Å²) < 4.78 is 0. The second kappa shape index (κ2) is 6.48. The first-order valence-corrected chi connectivity index (χ1v) is 7.37. The molecule has 0 saturated carbocycles. The van der Waals surface area contributed by atoms with Gasteiger partial charge in [-0.25, -0.2) is 0 Å². The van der Waals surface area contributed by atoms with E-state index in [9.17, 15) is 19.8 Å². The van der Waals surface area contributed by atoms with Gasteiger partial charge in [-0.1, -0.05) is 50.9 Å². The Morgan fingerprint density at radius 3 is 1.90 bits per heavy atom. The smallest absolute Gasteiger partial charge is 0.321 e. The minimum atomic E-state index is -1.86. The lowest BCUT2D eigenvalue weighted by Gasteiger charge is -2.43. The van der Waals surface area contributed by atoms with E-state index in [4.69, 9.17) is 11.6 Å². The number of halogens is 1. The largest absolute Gasteiger partial charge is 0.480 e. The fourth-order valence-electron chi connectivity index (χ4n) is 3.18. The molecule has 1 unspecified atom stereocenters. The normalized spacial score (nSPS) is 14.5.